The number of nitrogens with zero attached hydrogens (tertiary/aromatic N) is 2. The van der Waals surface area contributed by atoms with Gasteiger partial charge in [-0.3, -0.25) is 9.59 Å². The Kier molecular flexibility index (Phi) is 10.2. The lowest BCUT2D eigenvalue weighted by molar-refractivity contribution is -0.143. The minimum atomic E-state index is -3.65. The lowest BCUT2D eigenvalue weighted by Gasteiger charge is -2.31. The monoisotopic (exact) mass is 585 g/mol. The van der Waals surface area contributed by atoms with Crippen LogP contribution in [0.3, 0.4) is 0 Å². The average Bonchev–Trinajstić information content (AvgIpc) is 2.98. The van der Waals surface area contributed by atoms with E-state index in [0.29, 0.717) is 49.2 Å². The van der Waals surface area contributed by atoms with Gasteiger partial charge in [-0.2, -0.15) is 4.31 Å². The SMILES string of the molecule is CCNC(=O)[C@H](c1ccccc1)N(Cc1ccc(Cl)cc1)C(=O)COc1ccc(S(=O)(=O)N2CCOCC2)cc1. The van der Waals surface area contributed by atoms with E-state index in [1.165, 1.54) is 33.5 Å². The van der Waals surface area contributed by atoms with Crippen molar-refractivity contribution in [2.24, 2.45) is 0 Å². The van der Waals surface area contributed by atoms with Gasteiger partial charge in [0, 0.05) is 31.2 Å². The number of ether oxygens (including phenoxy) is 2. The van der Waals surface area contributed by atoms with E-state index >= 15 is 0 Å². The van der Waals surface area contributed by atoms with Crippen LogP contribution in [0.2, 0.25) is 5.02 Å². The number of hydrogen-bond donors (Lipinski definition) is 1. The summed E-state index contributed by atoms with van der Waals surface area (Å²) in [6.07, 6.45) is 0. The molecule has 3 aromatic carbocycles. The highest BCUT2D eigenvalue weighted by Crippen LogP contribution is 2.25. The number of carbonyl (C=O) groups is 2. The van der Waals surface area contributed by atoms with Crippen LogP contribution >= 0.6 is 11.6 Å². The zero-order valence-electron chi connectivity index (χ0n) is 22.2. The van der Waals surface area contributed by atoms with E-state index in [1.807, 2.05) is 25.1 Å². The highest BCUT2D eigenvalue weighted by Gasteiger charge is 2.32. The van der Waals surface area contributed by atoms with E-state index in [4.69, 9.17) is 21.1 Å². The summed E-state index contributed by atoms with van der Waals surface area (Å²) >= 11 is 6.05. The molecule has 0 unspecified atom stereocenters. The molecule has 212 valence electrons. The Labute approximate surface area is 239 Å². The van der Waals surface area contributed by atoms with Crippen molar-refractivity contribution in [3.63, 3.8) is 0 Å². The number of sulfonamides is 1. The zero-order valence-corrected chi connectivity index (χ0v) is 23.7. The predicted octanol–water partition coefficient (Wildman–Crippen LogP) is 3.65. The second-order valence-corrected chi connectivity index (χ2v) is 11.5. The summed E-state index contributed by atoms with van der Waals surface area (Å²) in [5.74, 6) is -0.399. The molecule has 0 spiro atoms. The van der Waals surface area contributed by atoms with Gasteiger partial charge < -0.3 is 19.7 Å². The van der Waals surface area contributed by atoms with Gasteiger partial charge in [0.05, 0.1) is 18.1 Å². The Morgan fingerprint density at radius 2 is 1.65 bits per heavy atom. The van der Waals surface area contributed by atoms with Crippen molar-refractivity contribution in [2.75, 3.05) is 39.5 Å². The first-order valence-electron chi connectivity index (χ1n) is 13.0. The van der Waals surface area contributed by atoms with Crippen LogP contribution in [0.4, 0.5) is 0 Å². The van der Waals surface area contributed by atoms with Gasteiger partial charge in [-0.15, -0.1) is 0 Å². The lowest BCUT2D eigenvalue weighted by atomic mass is 10.0. The van der Waals surface area contributed by atoms with E-state index in [2.05, 4.69) is 5.32 Å². The number of nitrogens with one attached hydrogen (secondary N) is 1. The summed E-state index contributed by atoms with van der Waals surface area (Å²) in [5, 5.41) is 3.39. The Morgan fingerprint density at radius 3 is 2.27 bits per heavy atom. The largest absolute Gasteiger partial charge is 0.484 e. The van der Waals surface area contributed by atoms with Crippen LogP contribution in [0.15, 0.2) is 83.8 Å². The first-order chi connectivity index (χ1) is 19.3. The van der Waals surface area contributed by atoms with Crippen LogP contribution < -0.4 is 10.1 Å². The van der Waals surface area contributed by atoms with Crippen LogP contribution in [0.1, 0.15) is 24.1 Å². The van der Waals surface area contributed by atoms with Gasteiger partial charge in [-0.05, 0) is 54.4 Å². The summed E-state index contributed by atoms with van der Waals surface area (Å²) in [7, 11) is -3.65. The number of likely N-dealkylation sites (N-methyl/N-ethyl adjacent to an activating group) is 1. The van der Waals surface area contributed by atoms with Gasteiger partial charge in [0.15, 0.2) is 6.61 Å². The average molecular weight is 586 g/mol. The minimum absolute atomic E-state index is 0.137. The molecule has 3 aromatic rings. The molecule has 1 N–H and O–H groups in total. The van der Waals surface area contributed by atoms with Gasteiger partial charge in [0.2, 0.25) is 15.9 Å². The first kappa shape index (κ1) is 29.5. The summed E-state index contributed by atoms with van der Waals surface area (Å²) in [5.41, 5.74) is 1.45. The minimum Gasteiger partial charge on any atom is -0.484 e. The van der Waals surface area contributed by atoms with E-state index in [-0.39, 0.29) is 24.0 Å². The number of amides is 2. The predicted molar refractivity (Wildman–Crippen MR) is 151 cm³/mol. The fourth-order valence-electron chi connectivity index (χ4n) is 4.36. The third kappa shape index (κ3) is 7.39. The molecule has 1 fully saturated rings. The van der Waals surface area contributed by atoms with Crippen LogP contribution in [0.5, 0.6) is 5.75 Å². The first-order valence-corrected chi connectivity index (χ1v) is 14.8. The number of benzene rings is 3. The Hall–Kier alpha value is -3.44. The molecule has 0 aliphatic carbocycles. The molecule has 1 aliphatic rings. The molecule has 1 heterocycles. The van der Waals surface area contributed by atoms with Crippen molar-refractivity contribution in [1.82, 2.24) is 14.5 Å². The van der Waals surface area contributed by atoms with E-state index in [1.54, 1.807) is 36.4 Å². The normalized spacial score (nSPS) is 14.8. The van der Waals surface area contributed by atoms with E-state index in [0.717, 1.165) is 5.56 Å². The Morgan fingerprint density at radius 1 is 1.00 bits per heavy atom. The van der Waals surface area contributed by atoms with Gasteiger partial charge in [-0.1, -0.05) is 54.1 Å². The molecule has 0 bridgehead atoms. The molecule has 1 saturated heterocycles. The number of carbonyl (C=O) groups excluding carboxylic acids is 2. The van der Waals surface area contributed by atoms with Crippen LogP contribution in [0, 0.1) is 0 Å². The topological polar surface area (TPSA) is 105 Å². The van der Waals surface area contributed by atoms with Crippen molar-refractivity contribution in [1.29, 1.82) is 0 Å². The highest BCUT2D eigenvalue weighted by molar-refractivity contribution is 7.89. The Bertz CT molecular complexity index is 1380. The van der Waals surface area contributed by atoms with Crippen molar-refractivity contribution in [2.45, 2.75) is 24.4 Å². The fourth-order valence-corrected chi connectivity index (χ4v) is 5.89. The second-order valence-electron chi connectivity index (χ2n) is 9.13. The van der Waals surface area contributed by atoms with Crippen LogP contribution in [-0.4, -0.2) is 68.9 Å². The van der Waals surface area contributed by atoms with Crippen molar-refractivity contribution in [3.05, 3.63) is 95.0 Å². The molecule has 0 radical (unpaired) electrons. The fraction of sp³-hybridized carbons (Fsp3) is 0.310. The third-order valence-corrected chi connectivity index (χ3v) is 8.57. The molecular formula is C29H32ClN3O6S. The smallest absolute Gasteiger partial charge is 0.261 e. The van der Waals surface area contributed by atoms with E-state index < -0.39 is 22.0 Å². The molecule has 40 heavy (non-hydrogen) atoms. The van der Waals surface area contributed by atoms with Crippen LogP contribution in [-0.2, 0) is 30.9 Å². The number of hydrogen-bond acceptors (Lipinski definition) is 6. The molecule has 0 aromatic heterocycles. The molecule has 11 heteroatoms. The lowest BCUT2D eigenvalue weighted by Crippen LogP contribution is -2.45. The standard InChI is InChI=1S/C29H32ClN3O6S/c1-2-31-29(35)28(23-6-4-3-5-7-23)33(20-22-8-10-24(30)11-9-22)27(34)21-39-25-12-14-26(15-13-25)40(36,37)32-16-18-38-19-17-32/h3-15,28H,2,16-21H2,1H3,(H,31,35)/t28-/m0/s1. The van der Waals surface area contributed by atoms with Crippen molar-refractivity contribution < 1.29 is 27.5 Å². The second kappa shape index (κ2) is 13.8. The van der Waals surface area contributed by atoms with Gasteiger partial charge >= 0.3 is 0 Å². The quantitative estimate of drug-likeness (QED) is 0.368. The molecule has 1 aliphatic heterocycles. The molecular weight excluding hydrogens is 554 g/mol. The molecule has 1 atom stereocenters. The van der Waals surface area contributed by atoms with Gasteiger partial charge in [0.25, 0.3) is 5.91 Å². The molecule has 9 nitrogen and oxygen atoms in total. The zero-order chi connectivity index (χ0) is 28.5. The van der Waals surface area contributed by atoms with Crippen LogP contribution in [0.25, 0.3) is 0 Å². The van der Waals surface area contributed by atoms with Gasteiger partial charge in [0.1, 0.15) is 11.8 Å². The highest BCUT2D eigenvalue weighted by atomic mass is 35.5. The van der Waals surface area contributed by atoms with Crippen molar-refractivity contribution >= 4 is 33.4 Å². The third-order valence-electron chi connectivity index (χ3n) is 6.41. The van der Waals surface area contributed by atoms with E-state index in [9.17, 15) is 18.0 Å². The molecule has 0 saturated carbocycles. The Balaban J connectivity index is 1.54. The van der Waals surface area contributed by atoms with Crippen molar-refractivity contribution in [3.8, 4) is 5.75 Å². The number of halogens is 1. The summed E-state index contributed by atoms with van der Waals surface area (Å²) in [6.45, 7) is 3.32. The molecule has 4 rings (SSSR count). The summed E-state index contributed by atoms with van der Waals surface area (Å²) < 4.78 is 38.2. The summed E-state index contributed by atoms with van der Waals surface area (Å²) in [4.78, 5) is 28.5. The van der Waals surface area contributed by atoms with Gasteiger partial charge in [-0.25, -0.2) is 8.42 Å². The maximum absolute atomic E-state index is 13.6. The molecule has 2 amide bonds. The maximum atomic E-state index is 13.6. The summed E-state index contributed by atoms with van der Waals surface area (Å²) in [6, 6.07) is 21.2. The number of rotatable bonds is 11. The number of morpholine rings is 1. The maximum Gasteiger partial charge on any atom is 0.261 e.